The lowest BCUT2D eigenvalue weighted by molar-refractivity contribution is 0.0699. The number of nitrogens with zero attached hydrogens (tertiary/aromatic N) is 6. The molecular weight excluding hydrogens is 395 g/mol. The van der Waals surface area contributed by atoms with Crippen LogP contribution in [0.2, 0.25) is 0 Å². The van der Waals surface area contributed by atoms with Gasteiger partial charge in [0, 0.05) is 51.1 Å². The summed E-state index contributed by atoms with van der Waals surface area (Å²) < 4.78 is 13.9. The molecule has 0 bridgehead atoms. The van der Waals surface area contributed by atoms with Crippen molar-refractivity contribution < 1.29 is 9.18 Å². The van der Waals surface area contributed by atoms with Crippen molar-refractivity contribution in [2.75, 3.05) is 32.1 Å². The number of aromatic nitrogens is 4. The Labute approximate surface area is 181 Å². The molecule has 3 heterocycles. The molecule has 0 spiro atoms. The Morgan fingerprint density at radius 3 is 2.71 bits per heavy atom. The number of aryl methyl sites for hydroxylation is 1. The van der Waals surface area contributed by atoms with Crippen molar-refractivity contribution in [3.05, 3.63) is 65.8 Å². The van der Waals surface area contributed by atoms with E-state index in [1.165, 1.54) is 18.3 Å². The summed E-state index contributed by atoms with van der Waals surface area (Å²) in [5.74, 6) is 0.156. The molecule has 0 N–H and O–H groups in total. The van der Waals surface area contributed by atoms with Crippen LogP contribution < -0.4 is 4.90 Å². The van der Waals surface area contributed by atoms with Gasteiger partial charge in [0.15, 0.2) is 0 Å². The molecule has 1 aromatic carbocycles. The summed E-state index contributed by atoms with van der Waals surface area (Å²) in [5.41, 5.74) is 3.46. The molecule has 1 fully saturated rings. The molecule has 4 rings (SSSR count). The van der Waals surface area contributed by atoms with Gasteiger partial charge in [-0.1, -0.05) is 12.1 Å². The van der Waals surface area contributed by atoms with Crippen LogP contribution in [0.3, 0.4) is 0 Å². The topological polar surface area (TPSA) is 75.1 Å². The molecule has 1 aliphatic heterocycles. The lowest BCUT2D eigenvalue weighted by Crippen LogP contribution is -2.40. The van der Waals surface area contributed by atoms with Crippen LogP contribution in [0.1, 0.15) is 40.6 Å². The second-order valence-corrected chi connectivity index (χ2v) is 8.01. The zero-order valence-corrected chi connectivity index (χ0v) is 17.9. The summed E-state index contributed by atoms with van der Waals surface area (Å²) in [6.07, 6.45) is 6.60. The Balaban J connectivity index is 1.68. The second-order valence-electron chi connectivity index (χ2n) is 8.01. The van der Waals surface area contributed by atoms with Gasteiger partial charge in [-0.05, 0) is 37.5 Å². The van der Waals surface area contributed by atoms with E-state index in [0.717, 1.165) is 35.4 Å². The molecule has 0 radical (unpaired) electrons. The van der Waals surface area contributed by atoms with Crippen LogP contribution in [0.4, 0.5) is 10.3 Å². The molecule has 0 saturated carbocycles. The van der Waals surface area contributed by atoms with Gasteiger partial charge in [-0.3, -0.25) is 9.78 Å². The van der Waals surface area contributed by atoms with E-state index in [-0.39, 0.29) is 17.6 Å². The predicted octanol–water partition coefficient (Wildman–Crippen LogP) is 3.47. The van der Waals surface area contributed by atoms with E-state index < -0.39 is 0 Å². The van der Waals surface area contributed by atoms with Gasteiger partial charge in [-0.2, -0.15) is 0 Å². The molecule has 2 aromatic heterocycles. The highest BCUT2D eigenvalue weighted by molar-refractivity contribution is 5.92. The average molecular weight is 420 g/mol. The van der Waals surface area contributed by atoms with Crippen molar-refractivity contribution in [3.63, 3.8) is 0 Å². The molecule has 1 atom stereocenters. The number of benzene rings is 1. The van der Waals surface area contributed by atoms with Crippen LogP contribution in [0.5, 0.6) is 0 Å². The number of carbonyl (C=O) groups is 1. The largest absolute Gasteiger partial charge is 0.347 e. The number of hydrogen-bond donors (Lipinski definition) is 0. The summed E-state index contributed by atoms with van der Waals surface area (Å²) in [5, 5.41) is 0. The fourth-order valence-corrected chi connectivity index (χ4v) is 3.84. The first-order chi connectivity index (χ1) is 14.9. The smallest absolute Gasteiger partial charge is 0.274 e. The Hall–Kier alpha value is -3.42. The third-order valence-corrected chi connectivity index (χ3v) is 5.44. The van der Waals surface area contributed by atoms with Gasteiger partial charge < -0.3 is 9.80 Å². The molecule has 1 amide bonds. The summed E-state index contributed by atoms with van der Waals surface area (Å²) in [4.78, 5) is 34.3. The van der Waals surface area contributed by atoms with E-state index in [2.05, 4.69) is 15.0 Å². The van der Waals surface area contributed by atoms with Gasteiger partial charge >= 0.3 is 0 Å². The quantitative estimate of drug-likeness (QED) is 0.643. The SMILES string of the molecule is Cc1cnc(C(=O)N2CCCC(c3nc(N(C)C)ncc3-c3cccc(F)c3)C2)cn1. The maximum absolute atomic E-state index is 13.9. The van der Waals surface area contributed by atoms with Crippen LogP contribution >= 0.6 is 0 Å². The maximum atomic E-state index is 13.9. The summed E-state index contributed by atoms with van der Waals surface area (Å²) in [7, 11) is 3.77. The van der Waals surface area contributed by atoms with Crippen molar-refractivity contribution in [1.29, 1.82) is 0 Å². The highest BCUT2D eigenvalue weighted by Crippen LogP contribution is 2.34. The third kappa shape index (κ3) is 4.52. The van der Waals surface area contributed by atoms with Crippen molar-refractivity contribution >= 4 is 11.9 Å². The summed E-state index contributed by atoms with van der Waals surface area (Å²) >= 11 is 0. The molecular formula is C23H25FN6O. The second kappa shape index (κ2) is 8.75. The van der Waals surface area contributed by atoms with Crippen LogP contribution in [0, 0.1) is 12.7 Å². The molecule has 7 nitrogen and oxygen atoms in total. The number of hydrogen-bond acceptors (Lipinski definition) is 6. The number of rotatable bonds is 4. The lowest BCUT2D eigenvalue weighted by Gasteiger charge is -2.33. The normalized spacial score (nSPS) is 16.3. The standard InChI is InChI=1S/C23H25FN6O/c1-15-11-26-20(13-25-15)22(31)30-9-5-7-17(14-30)21-19(12-27-23(28-21)29(2)3)16-6-4-8-18(24)10-16/h4,6,8,10-13,17H,5,7,9,14H2,1-3H3. The number of anilines is 1. The van der Waals surface area contributed by atoms with E-state index in [0.29, 0.717) is 24.7 Å². The minimum atomic E-state index is -0.307. The first-order valence-electron chi connectivity index (χ1n) is 10.3. The fraction of sp³-hybridized carbons (Fsp3) is 0.348. The number of amides is 1. The maximum Gasteiger partial charge on any atom is 0.274 e. The molecule has 1 unspecified atom stereocenters. The Morgan fingerprint density at radius 1 is 1.16 bits per heavy atom. The van der Waals surface area contributed by atoms with Crippen molar-refractivity contribution in [1.82, 2.24) is 24.8 Å². The predicted molar refractivity (Wildman–Crippen MR) is 116 cm³/mol. The monoisotopic (exact) mass is 420 g/mol. The summed E-state index contributed by atoms with van der Waals surface area (Å²) in [6.45, 7) is 3.01. The number of piperidine rings is 1. The van der Waals surface area contributed by atoms with Crippen LogP contribution in [0.15, 0.2) is 42.9 Å². The van der Waals surface area contributed by atoms with E-state index in [1.807, 2.05) is 32.0 Å². The van der Waals surface area contributed by atoms with E-state index in [1.54, 1.807) is 23.4 Å². The highest BCUT2D eigenvalue weighted by Gasteiger charge is 2.29. The Kier molecular flexibility index (Phi) is 5.88. The number of carbonyl (C=O) groups excluding carboxylic acids is 1. The van der Waals surface area contributed by atoms with Gasteiger partial charge in [-0.25, -0.2) is 19.3 Å². The van der Waals surface area contributed by atoms with Gasteiger partial charge in [0.25, 0.3) is 5.91 Å². The van der Waals surface area contributed by atoms with Gasteiger partial charge in [0.05, 0.1) is 17.6 Å². The molecule has 1 saturated heterocycles. The van der Waals surface area contributed by atoms with Crippen molar-refractivity contribution in [2.24, 2.45) is 0 Å². The zero-order valence-electron chi connectivity index (χ0n) is 17.9. The molecule has 160 valence electrons. The van der Waals surface area contributed by atoms with E-state index >= 15 is 0 Å². The zero-order chi connectivity index (χ0) is 22.0. The van der Waals surface area contributed by atoms with Gasteiger partial charge in [0.1, 0.15) is 11.5 Å². The first-order valence-corrected chi connectivity index (χ1v) is 10.3. The van der Waals surface area contributed by atoms with Crippen molar-refractivity contribution in [3.8, 4) is 11.1 Å². The molecule has 31 heavy (non-hydrogen) atoms. The number of halogens is 1. The molecule has 8 heteroatoms. The molecule has 1 aliphatic rings. The Bertz CT molecular complexity index is 1090. The minimum Gasteiger partial charge on any atom is -0.347 e. The van der Waals surface area contributed by atoms with Gasteiger partial charge in [-0.15, -0.1) is 0 Å². The van der Waals surface area contributed by atoms with E-state index in [9.17, 15) is 9.18 Å². The van der Waals surface area contributed by atoms with Crippen LogP contribution in [-0.4, -0.2) is 57.9 Å². The molecule has 0 aliphatic carbocycles. The van der Waals surface area contributed by atoms with Crippen molar-refractivity contribution in [2.45, 2.75) is 25.7 Å². The molecule has 3 aromatic rings. The average Bonchev–Trinajstić information content (AvgIpc) is 2.79. The first kappa shape index (κ1) is 20.8. The van der Waals surface area contributed by atoms with E-state index in [4.69, 9.17) is 4.98 Å². The fourth-order valence-electron chi connectivity index (χ4n) is 3.84. The lowest BCUT2D eigenvalue weighted by atomic mass is 9.89. The minimum absolute atomic E-state index is 0.0103. The van der Waals surface area contributed by atoms with Crippen LogP contribution in [0.25, 0.3) is 11.1 Å². The Morgan fingerprint density at radius 2 is 2.00 bits per heavy atom. The number of likely N-dealkylation sites (tertiary alicyclic amines) is 1. The highest BCUT2D eigenvalue weighted by atomic mass is 19.1. The van der Waals surface area contributed by atoms with Crippen LogP contribution in [-0.2, 0) is 0 Å². The summed E-state index contributed by atoms with van der Waals surface area (Å²) in [6, 6.07) is 6.45. The third-order valence-electron chi connectivity index (χ3n) is 5.44. The van der Waals surface area contributed by atoms with Gasteiger partial charge in [0.2, 0.25) is 5.95 Å².